The third kappa shape index (κ3) is 3.13. The van der Waals surface area contributed by atoms with E-state index in [4.69, 9.17) is 0 Å². The van der Waals surface area contributed by atoms with E-state index in [1.165, 1.54) is 0 Å². The van der Waals surface area contributed by atoms with Crippen molar-refractivity contribution in [2.75, 3.05) is 5.32 Å². The molecule has 1 atom stereocenters. The number of anilines is 1. The van der Waals surface area contributed by atoms with E-state index in [0.29, 0.717) is 5.56 Å². The molecule has 0 aliphatic carbocycles. The molecule has 100 valence electrons. The van der Waals surface area contributed by atoms with Crippen molar-refractivity contribution in [1.82, 2.24) is 9.78 Å². The third-order valence-corrected chi connectivity index (χ3v) is 2.82. The average Bonchev–Trinajstić information content (AvgIpc) is 2.86. The largest absolute Gasteiger partial charge is 0.479 e. The molecular formula is C14H17N3O2. The fraction of sp³-hybridized carbons (Fsp3) is 0.286. The van der Waals surface area contributed by atoms with E-state index in [1.807, 2.05) is 44.2 Å². The van der Waals surface area contributed by atoms with E-state index in [9.17, 15) is 9.90 Å². The zero-order chi connectivity index (χ0) is 13.8. The highest BCUT2D eigenvalue weighted by molar-refractivity contribution is 5.79. The van der Waals surface area contributed by atoms with Gasteiger partial charge in [0, 0.05) is 23.5 Å². The number of aromatic nitrogens is 2. The second kappa shape index (κ2) is 5.56. The van der Waals surface area contributed by atoms with Gasteiger partial charge in [-0.2, -0.15) is 5.10 Å². The first-order chi connectivity index (χ1) is 9.08. The SMILES string of the molecule is CC(C)n1cc(C(Nc2ccccc2)C(=O)O)cn1. The maximum absolute atomic E-state index is 11.4. The van der Waals surface area contributed by atoms with E-state index in [0.717, 1.165) is 5.69 Å². The number of para-hydroxylation sites is 1. The van der Waals surface area contributed by atoms with Crippen LogP contribution >= 0.6 is 0 Å². The first-order valence-electron chi connectivity index (χ1n) is 6.16. The molecule has 0 aliphatic heterocycles. The van der Waals surface area contributed by atoms with E-state index < -0.39 is 12.0 Å². The van der Waals surface area contributed by atoms with Crippen LogP contribution in [0.2, 0.25) is 0 Å². The van der Waals surface area contributed by atoms with Crippen LogP contribution in [-0.4, -0.2) is 20.9 Å². The Hall–Kier alpha value is -2.30. The summed E-state index contributed by atoms with van der Waals surface area (Å²) < 4.78 is 1.75. The molecule has 0 saturated carbocycles. The summed E-state index contributed by atoms with van der Waals surface area (Å²) in [4.78, 5) is 11.4. The number of benzene rings is 1. The van der Waals surface area contributed by atoms with Crippen LogP contribution in [0.25, 0.3) is 0 Å². The lowest BCUT2D eigenvalue weighted by molar-refractivity contribution is -0.138. The molecule has 2 aromatic rings. The summed E-state index contributed by atoms with van der Waals surface area (Å²) in [5.74, 6) is -0.924. The van der Waals surface area contributed by atoms with E-state index in [-0.39, 0.29) is 6.04 Å². The molecule has 0 fully saturated rings. The van der Waals surface area contributed by atoms with Crippen LogP contribution in [0, 0.1) is 0 Å². The maximum atomic E-state index is 11.4. The summed E-state index contributed by atoms with van der Waals surface area (Å²) >= 11 is 0. The minimum Gasteiger partial charge on any atom is -0.479 e. The Balaban J connectivity index is 2.22. The van der Waals surface area contributed by atoms with Crippen molar-refractivity contribution >= 4 is 11.7 Å². The first kappa shape index (κ1) is 13.1. The second-order valence-electron chi connectivity index (χ2n) is 4.63. The molecule has 2 N–H and O–H groups in total. The van der Waals surface area contributed by atoms with Crippen LogP contribution < -0.4 is 5.32 Å². The zero-order valence-corrected chi connectivity index (χ0v) is 10.9. The zero-order valence-electron chi connectivity index (χ0n) is 10.9. The van der Waals surface area contributed by atoms with Crippen molar-refractivity contribution in [1.29, 1.82) is 0 Å². The summed E-state index contributed by atoms with van der Waals surface area (Å²) in [6.45, 7) is 3.99. The number of nitrogens with one attached hydrogen (secondary N) is 1. The fourth-order valence-corrected chi connectivity index (χ4v) is 1.77. The minimum atomic E-state index is -0.924. The molecule has 0 aliphatic rings. The van der Waals surface area contributed by atoms with E-state index in [2.05, 4.69) is 10.4 Å². The highest BCUT2D eigenvalue weighted by Crippen LogP contribution is 2.20. The Bertz CT molecular complexity index is 549. The number of carboxylic acid groups (broad SMARTS) is 1. The normalized spacial score (nSPS) is 12.4. The van der Waals surface area contributed by atoms with Gasteiger partial charge in [0.05, 0.1) is 6.20 Å². The van der Waals surface area contributed by atoms with Crippen LogP contribution in [0.1, 0.15) is 31.5 Å². The number of hydrogen-bond donors (Lipinski definition) is 2. The van der Waals surface area contributed by atoms with Crippen LogP contribution in [0.3, 0.4) is 0 Å². The number of aliphatic carboxylic acids is 1. The molecule has 1 aromatic heterocycles. The Morgan fingerprint density at radius 3 is 2.53 bits per heavy atom. The molecule has 0 bridgehead atoms. The van der Waals surface area contributed by atoms with Crippen molar-refractivity contribution in [3.63, 3.8) is 0 Å². The lowest BCUT2D eigenvalue weighted by atomic mass is 10.1. The summed E-state index contributed by atoms with van der Waals surface area (Å²) in [6.07, 6.45) is 3.36. The third-order valence-electron chi connectivity index (χ3n) is 2.82. The smallest absolute Gasteiger partial charge is 0.330 e. The summed E-state index contributed by atoms with van der Waals surface area (Å²) in [6, 6.07) is 8.69. The summed E-state index contributed by atoms with van der Waals surface area (Å²) in [7, 11) is 0. The highest BCUT2D eigenvalue weighted by Gasteiger charge is 2.21. The van der Waals surface area contributed by atoms with Crippen LogP contribution in [0.15, 0.2) is 42.7 Å². The topological polar surface area (TPSA) is 67.2 Å². The monoisotopic (exact) mass is 259 g/mol. The van der Waals surface area contributed by atoms with Gasteiger partial charge >= 0.3 is 5.97 Å². The summed E-state index contributed by atoms with van der Waals surface area (Å²) in [5, 5.41) is 16.5. The predicted molar refractivity (Wildman–Crippen MR) is 73.1 cm³/mol. The van der Waals surface area contributed by atoms with Gasteiger partial charge in [-0.05, 0) is 26.0 Å². The van der Waals surface area contributed by atoms with Crippen LogP contribution in [0.4, 0.5) is 5.69 Å². The Morgan fingerprint density at radius 2 is 2.00 bits per heavy atom. The molecule has 0 amide bonds. The van der Waals surface area contributed by atoms with Gasteiger partial charge in [0.15, 0.2) is 6.04 Å². The second-order valence-corrected chi connectivity index (χ2v) is 4.63. The lowest BCUT2D eigenvalue weighted by Gasteiger charge is -2.14. The van der Waals surface area contributed by atoms with Crippen molar-refractivity contribution < 1.29 is 9.90 Å². The quantitative estimate of drug-likeness (QED) is 0.866. The number of hydrogen-bond acceptors (Lipinski definition) is 3. The van der Waals surface area contributed by atoms with Crippen LogP contribution in [-0.2, 0) is 4.79 Å². The summed E-state index contributed by atoms with van der Waals surface area (Å²) in [5.41, 5.74) is 1.41. The number of nitrogens with zero attached hydrogens (tertiary/aromatic N) is 2. The molecule has 1 heterocycles. The molecule has 5 nitrogen and oxygen atoms in total. The number of carboxylic acids is 1. The molecule has 0 saturated heterocycles. The molecule has 5 heteroatoms. The molecule has 19 heavy (non-hydrogen) atoms. The van der Waals surface area contributed by atoms with Crippen LogP contribution in [0.5, 0.6) is 0 Å². The van der Waals surface area contributed by atoms with Crippen molar-refractivity contribution in [3.05, 3.63) is 48.3 Å². The molecule has 2 rings (SSSR count). The Labute approximate surface area is 111 Å². The van der Waals surface area contributed by atoms with Crippen molar-refractivity contribution in [2.45, 2.75) is 25.9 Å². The van der Waals surface area contributed by atoms with Gasteiger partial charge in [0.2, 0.25) is 0 Å². The van der Waals surface area contributed by atoms with Gasteiger partial charge in [-0.1, -0.05) is 18.2 Å². The molecule has 1 aromatic carbocycles. The van der Waals surface area contributed by atoms with E-state index in [1.54, 1.807) is 17.1 Å². The van der Waals surface area contributed by atoms with Gasteiger partial charge in [-0.3, -0.25) is 4.68 Å². The van der Waals surface area contributed by atoms with E-state index >= 15 is 0 Å². The first-order valence-corrected chi connectivity index (χ1v) is 6.16. The highest BCUT2D eigenvalue weighted by atomic mass is 16.4. The molecule has 0 spiro atoms. The van der Waals surface area contributed by atoms with Gasteiger partial charge < -0.3 is 10.4 Å². The minimum absolute atomic E-state index is 0.208. The standard InChI is InChI=1S/C14H17N3O2/c1-10(2)17-9-11(8-15-17)13(14(18)19)16-12-6-4-3-5-7-12/h3-10,13,16H,1-2H3,(H,18,19). The van der Waals surface area contributed by atoms with Gasteiger partial charge in [0.25, 0.3) is 0 Å². The molecule has 1 unspecified atom stereocenters. The van der Waals surface area contributed by atoms with Gasteiger partial charge in [-0.25, -0.2) is 4.79 Å². The van der Waals surface area contributed by atoms with Crippen molar-refractivity contribution in [3.8, 4) is 0 Å². The fourth-order valence-electron chi connectivity index (χ4n) is 1.77. The van der Waals surface area contributed by atoms with Gasteiger partial charge in [-0.15, -0.1) is 0 Å². The predicted octanol–water partition coefficient (Wildman–Crippen LogP) is 2.70. The van der Waals surface area contributed by atoms with Crippen molar-refractivity contribution in [2.24, 2.45) is 0 Å². The Morgan fingerprint density at radius 1 is 1.32 bits per heavy atom. The number of carbonyl (C=O) groups is 1. The maximum Gasteiger partial charge on any atom is 0.330 e. The molecular weight excluding hydrogens is 242 g/mol. The number of rotatable bonds is 5. The lowest BCUT2D eigenvalue weighted by Crippen LogP contribution is -2.20. The Kier molecular flexibility index (Phi) is 3.85. The average molecular weight is 259 g/mol. The molecule has 0 radical (unpaired) electrons. The van der Waals surface area contributed by atoms with Gasteiger partial charge in [0.1, 0.15) is 0 Å².